The molecule has 0 saturated carbocycles. The van der Waals surface area contributed by atoms with Gasteiger partial charge in [0.1, 0.15) is 0 Å². The zero-order valence-corrected chi connectivity index (χ0v) is 26.8. The minimum absolute atomic E-state index is 0.0758. The summed E-state index contributed by atoms with van der Waals surface area (Å²) in [6.07, 6.45) is 0. The van der Waals surface area contributed by atoms with E-state index in [1.807, 2.05) is 115 Å². The van der Waals surface area contributed by atoms with Gasteiger partial charge in [0.15, 0.2) is 0 Å². The van der Waals surface area contributed by atoms with Crippen LogP contribution < -0.4 is 0 Å². The van der Waals surface area contributed by atoms with Gasteiger partial charge in [-0.05, 0) is 70.7 Å². The zero-order valence-electron chi connectivity index (χ0n) is 33.8. The van der Waals surface area contributed by atoms with Crippen molar-refractivity contribution in [2.24, 2.45) is 0 Å². The van der Waals surface area contributed by atoms with Gasteiger partial charge in [0, 0.05) is 38.4 Å². The molecule has 2 heterocycles. The van der Waals surface area contributed by atoms with Crippen molar-refractivity contribution in [3.8, 4) is 44.8 Å². The van der Waals surface area contributed by atoms with E-state index in [2.05, 4.69) is 41.0 Å². The molecule has 234 valence electrons. The second kappa shape index (κ2) is 11.5. The van der Waals surface area contributed by atoms with Crippen molar-refractivity contribution in [2.45, 2.75) is 0 Å². The van der Waals surface area contributed by atoms with Crippen LogP contribution in [-0.4, -0.2) is 9.13 Å². The summed E-state index contributed by atoms with van der Waals surface area (Å²) in [7, 11) is 0. The number of para-hydroxylation sites is 4. The minimum Gasteiger partial charge on any atom is -0.309 e. The molecule has 0 fully saturated rings. The van der Waals surface area contributed by atoms with E-state index < -0.39 is 12.1 Å². The molecule has 50 heavy (non-hydrogen) atoms. The first-order valence-corrected chi connectivity index (χ1v) is 16.6. The summed E-state index contributed by atoms with van der Waals surface area (Å²) in [4.78, 5) is 0. The summed E-state index contributed by atoms with van der Waals surface area (Å²) in [5, 5.41) is 2.25. The van der Waals surface area contributed by atoms with Crippen molar-refractivity contribution < 1.29 is 9.60 Å². The summed E-state index contributed by atoms with van der Waals surface area (Å²) < 4.78 is 68.7. The molecule has 0 bridgehead atoms. The van der Waals surface area contributed by atoms with E-state index in [4.69, 9.17) is 2.74 Å². The van der Waals surface area contributed by atoms with Gasteiger partial charge in [-0.2, -0.15) is 0 Å². The highest BCUT2D eigenvalue weighted by molar-refractivity contribution is 6.15. The number of nitrogens with zero attached hydrogens (tertiary/aromatic N) is 2. The molecule has 2 heteroatoms. The summed E-state index contributed by atoms with van der Waals surface area (Å²) >= 11 is 0. The Morgan fingerprint density at radius 3 is 1.84 bits per heavy atom. The molecule has 0 amide bonds. The minimum atomic E-state index is -0.422. The van der Waals surface area contributed by atoms with Gasteiger partial charge in [0.05, 0.1) is 37.3 Å². The molecule has 2 aromatic heterocycles. The van der Waals surface area contributed by atoms with E-state index in [0.29, 0.717) is 11.3 Å². The van der Waals surface area contributed by atoms with E-state index in [0.717, 1.165) is 49.7 Å². The Morgan fingerprint density at radius 2 is 1.04 bits per heavy atom. The SMILES string of the molecule is [2H]c1c([2H])c([2H])c2c(c1[2H])c1c([2H])c(-c3ccc4c(c3)c3cccc(-c5ccccc5)c3n4-c3ccccc3)c([2H])c([2H])c1n2-c1ccccc1-c1ccccc1. The maximum Gasteiger partial charge on any atom is 0.0645 e. The van der Waals surface area contributed by atoms with Gasteiger partial charge >= 0.3 is 0 Å². The van der Waals surface area contributed by atoms with Crippen molar-refractivity contribution in [2.75, 3.05) is 0 Å². The van der Waals surface area contributed by atoms with Crippen molar-refractivity contribution in [3.05, 3.63) is 194 Å². The Balaban J connectivity index is 1.31. The van der Waals surface area contributed by atoms with Gasteiger partial charge in [0.25, 0.3) is 0 Å². The molecular formula is C48H32N2. The third-order valence-corrected chi connectivity index (χ3v) is 9.56. The highest BCUT2D eigenvalue weighted by Gasteiger charge is 2.19. The van der Waals surface area contributed by atoms with Crippen LogP contribution in [0.3, 0.4) is 0 Å². The average Bonchev–Trinajstić information content (AvgIpc) is 3.79. The Labute approximate surface area is 300 Å². The van der Waals surface area contributed by atoms with Crippen molar-refractivity contribution in [1.29, 1.82) is 0 Å². The standard InChI is InChI=1S/C48H32N2/c1-4-15-33(16-5-1)38-21-10-12-25-44(38)50-45-26-13-11-22-40(45)42-31-35(28-30-47(42)50)36-27-29-46-43(32-36)41-24-14-23-39(34-17-6-2-7-18-34)48(41)49(46)37-19-8-3-9-20-37/h1-32H/i11D,13D,22D,26D,28D,30D,31D. The summed E-state index contributed by atoms with van der Waals surface area (Å²) in [5.41, 5.74) is 8.46. The summed E-state index contributed by atoms with van der Waals surface area (Å²) in [6, 6.07) is 47.9. The van der Waals surface area contributed by atoms with Gasteiger partial charge in [-0.3, -0.25) is 0 Å². The first-order chi connectivity index (χ1) is 27.8. The van der Waals surface area contributed by atoms with Gasteiger partial charge in [-0.1, -0.05) is 145 Å². The van der Waals surface area contributed by atoms with E-state index in [1.165, 1.54) is 0 Å². The molecule has 0 unspecified atom stereocenters. The molecule has 0 N–H and O–H groups in total. The van der Waals surface area contributed by atoms with Crippen molar-refractivity contribution in [3.63, 3.8) is 0 Å². The third kappa shape index (κ3) is 4.43. The highest BCUT2D eigenvalue weighted by atomic mass is 15.0. The lowest BCUT2D eigenvalue weighted by Crippen LogP contribution is -1.97. The normalized spacial score (nSPS) is 13.6. The molecule has 10 rings (SSSR count). The quantitative estimate of drug-likeness (QED) is 0.177. The van der Waals surface area contributed by atoms with Gasteiger partial charge in [-0.25, -0.2) is 0 Å². The lowest BCUT2D eigenvalue weighted by Gasteiger charge is -2.14. The van der Waals surface area contributed by atoms with Crippen LogP contribution in [0.15, 0.2) is 194 Å². The molecule has 2 nitrogen and oxygen atoms in total. The molecule has 0 saturated heterocycles. The molecule has 0 aliphatic carbocycles. The second-order valence-corrected chi connectivity index (χ2v) is 12.4. The lowest BCUT2D eigenvalue weighted by atomic mass is 9.99. The van der Waals surface area contributed by atoms with Crippen LogP contribution in [0, 0.1) is 0 Å². The fraction of sp³-hybridized carbons (Fsp3) is 0. The number of hydrogen-bond acceptors (Lipinski definition) is 0. The molecule has 8 aromatic carbocycles. The molecule has 0 aliphatic heterocycles. The third-order valence-electron chi connectivity index (χ3n) is 9.56. The van der Waals surface area contributed by atoms with Crippen molar-refractivity contribution >= 4 is 43.6 Å². The monoisotopic (exact) mass is 643 g/mol. The summed E-state index contributed by atoms with van der Waals surface area (Å²) in [6.45, 7) is 0. The Hall–Kier alpha value is -6.64. The fourth-order valence-electron chi connectivity index (χ4n) is 7.35. The maximum absolute atomic E-state index is 9.86. The van der Waals surface area contributed by atoms with Crippen LogP contribution >= 0.6 is 0 Å². The fourth-order valence-corrected chi connectivity index (χ4v) is 7.35. The van der Waals surface area contributed by atoms with E-state index >= 15 is 0 Å². The van der Waals surface area contributed by atoms with Gasteiger partial charge in [0.2, 0.25) is 0 Å². The second-order valence-electron chi connectivity index (χ2n) is 12.4. The van der Waals surface area contributed by atoms with Crippen LogP contribution in [0.1, 0.15) is 9.60 Å². The molecule has 0 spiro atoms. The molecule has 0 atom stereocenters. The predicted molar refractivity (Wildman–Crippen MR) is 211 cm³/mol. The van der Waals surface area contributed by atoms with E-state index in [9.17, 15) is 6.85 Å². The van der Waals surface area contributed by atoms with Crippen LogP contribution in [-0.2, 0) is 0 Å². The van der Waals surface area contributed by atoms with Gasteiger partial charge in [-0.15, -0.1) is 0 Å². The van der Waals surface area contributed by atoms with Crippen LogP contribution in [0.4, 0.5) is 0 Å². The highest BCUT2D eigenvalue weighted by Crippen LogP contribution is 2.41. The first kappa shape index (κ1) is 22.1. The number of aromatic nitrogens is 2. The molecular weight excluding hydrogens is 605 g/mol. The Morgan fingerprint density at radius 1 is 0.380 bits per heavy atom. The van der Waals surface area contributed by atoms with E-state index in [-0.39, 0.29) is 57.6 Å². The first-order valence-electron chi connectivity index (χ1n) is 20.1. The molecule has 0 aliphatic rings. The number of fused-ring (bicyclic) bond motifs is 6. The molecule has 10 aromatic rings. The number of rotatable bonds is 5. The van der Waals surface area contributed by atoms with E-state index in [1.54, 1.807) is 4.57 Å². The predicted octanol–water partition coefficient (Wildman–Crippen LogP) is 12.9. The largest absolute Gasteiger partial charge is 0.309 e. The Bertz CT molecular complexity index is 3240. The topological polar surface area (TPSA) is 9.86 Å². The lowest BCUT2D eigenvalue weighted by molar-refractivity contribution is 1.18. The Kier molecular flexibility index (Phi) is 5.08. The number of hydrogen-bond donors (Lipinski definition) is 0. The van der Waals surface area contributed by atoms with Crippen molar-refractivity contribution in [1.82, 2.24) is 9.13 Å². The van der Waals surface area contributed by atoms with Gasteiger partial charge < -0.3 is 9.13 Å². The number of benzene rings is 8. The van der Waals surface area contributed by atoms with Crippen LogP contribution in [0.2, 0.25) is 0 Å². The van der Waals surface area contributed by atoms with Crippen LogP contribution in [0.25, 0.3) is 88.4 Å². The molecule has 0 radical (unpaired) electrons. The zero-order chi connectivity index (χ0) is 39.1. The smallest absolute Gasteiger partial charge is 0.0645 e. The summed E-state index contributed by atoms with van der Waals surface area (Å²) in [5.74, 6) is 0. The maximum atomic E-state index is 9.86. The average molecular weight is 644 g/mol. The van der Waals surface area contributed by atoms with Crippen LogP contribution in [0.5, 0.6) is 0 Å².